The van der Waals surface area contributed by atoms with Gasteiger partial charge in [-0.2, -0.15) is 0 Å². The van der Waals surface area contributed by atoms with Gasteiger partial charge in [-0.3, -0.25) is 0 Å². The molecule has 0 atom stereocenters. The summed E-state index contributed by atoms with van der Waals surface area (Å²) in [6.45, 7) is 2.07. The molecule has 3 nitrogen and oxygen atoms in total. The normalized spacial score (nSPS) is 10.6. The van der Waals surface area contributed by atoms with E-state index in [1.54, 1.807) is 0 Å². The summed E-state index contributed by atoms with van der Waals surface area (Å²) in [4.78, 5) is 0. The molecular formula is C15H12BrN3. The maximum Gasteiger partial charge on any atom is 0.113 e. The quantitative estimate of drug-likeness (QED) is 0.715. The van der Waals surface area contributed by atoms with Crippen molar-refractivity contribution in [1.82, 2.24) is 15.0 Å². The zero-order valence-corrected chi connectivity index (χ0v) is 12.0. The maximum absolute atomic E-state index is 4.24. The number of para-hydroxylation sites is 1. The van der Waals surface area contributed by atoms with E-state index in [4.69, 9.17) is 0 Å². The minimum atomic E-state index is 0.865. The summed E-state index contributed by atoms with van der Waals surface area (Å²) in [5.74, 6) is 0. The average molecular weight is 314 g/mol. The molecule has 0 radical (unpaired) electrons. The smallest absolute Gasteiger partial charge is 0.113 e. The predicted molar refractivity (Wildman–Crippen MR) is 79.2 cm³/mol. The van der Waals surface area contributed by atoms with Crippen LogP contribution in [0.2, 0.25) is 0 Å². The summed E-state index contributed by atoms with van der Waals surface area (Å²) in [6, 6.07) is 16.2. The molecule has 0 aliphatic heterocycles. The molecule has 2 aromatic carbocycles. The van der Waals surface area contributed by atoms with Gasteiger partial charge in [0.15, 0.2) is 0 Å². The molecule has 0 spiro atoms. The first-order valence-corrected chi connectivity index (χ1v) is 6.77. The van der Waals surface area contributed by atoms with Gasteiger partial charge in [-0.25, -0.2) is 4.68 Å². The minimum absolute atomic E-state index is 0.865. The molecule has 3 rings (SSSR count). The van der Waals surface area contributed by atoms with Gasteiger partial charge in [0.1, 0.15) is 5.69 Å². The highest BCUT2D eigenvalue weighted by Gasteiger charge is 2.06. The Kier molecular flexibility index (Phi) is 3.17. The second-order valence-electron chi connectivity index (χ2n) is 4.35. The van der Waals surface area contributed by atoms with Gasteiger partial charge in [-0.15, -0.1) is 5.10 Å². The fourth-order valence-electron chi connectivity index (χ4n) is 1.98. The lowest BCUT2D eigenvalue weighted by Gasteiger charge is -2.03. The van der Waals surface area contributed by atoms with E-state index in [0.29, 0.717) is 0 Å². The first kappa shape index (κ1) is 12.1. The molecule has 19 heavy (non-hydrogen) atoms. The average Bonchev–Trinajstić information content (AvgIpc) is 2.89. The molecule has 0 saturated carbocycles. The second kappa shape index (κ2) is 4.97. The number of aryl methyl sites for hydroxylation is 1. The first-order valence-electron chi connectivity index (χ1n) is 5.98. The Labute approximate surface area is 120 Å². The molecule has 1 heterocycles. The van der Waals surface area contributed by atoms with Crippen molar-refractivity contribution in [3.05, 3.63) is 64.8 Å². The van der Waals surface area contributed by atoms with E-state index in [1.807, 2.05) is 53.3 Å². The fraction of sp³-hybridized carbons (Fsp3) is 0.0667. The molecule has 0 bridgehead atoms. The summed E-state index contributed by atoms with van der Waals surface area (Å²) in [6.07, 6.45) is 1.95. The molecule has 0 unspecified atom stereocenters. The number of rotatable bonds is 2. The molecular weight excluding hydrogens is 302 g/mol. The molecule has 0 N–H and O–H groups in total. The Morgan fingerprint density at radius 1 is 1.05 bits per heavy atom. The van der Waals surface area contributed by atoms with E-state index in [0.717, 1.165) is 21.4 Å². The third-order valence-corrected chi connectivity index (χ3v) is 3.47. The molecule has 0 aliphatic rings. The molecule has 4 heteroatoms. The Morgan fingerprint density at radius 2 is 1.89 bits per heavy atom. The van der Waals surface area contributed by atoms with Gasteiger partial charge in [0.05, 0.1) is 11.9 Å². The fourth-order valence-corrected chi connectivity index (χ4v) is 2.38. The third-order valence-electron chi connectivity index (χ3n) is 2.98. The van der Waals surface area contributed by atoms with Gasteiger partial charge >= 0.3 is 0 Å². The van der Waals surface area contributed by atoms with Crippen LogP contribution in [-0.4, -0.2) is 15.0 Å². The maximum atomic E-state index is 4.24. The van der Waals surface area contributed by atoms with Crippen LogP contribution in [0, 0.1) is 6.92 Å². The van der Waals surface area contributed by atoms with Crippen LogP contribution in [0.4, 0.5) is 0 Å². The number of hydrogen-bond acceptors (Lipinski definition) is 2. The van der Waals surface area contributed by atoms with Crippen molar-refractivity contribution < 1.29 is 0 Å². The predicted octanol–water partition coefficient (Wildman–Crippen LogP) is 4.01. The summed E-state index contributed by atoms with van der Waals surface area (Å²) in [5.41, 5.74) is 4.14. The Balaban J connectivity index is 2.03. The Hall–Kier alpha value is -1.94. The van der Waals surface area contributed by atoms with Crippen molar-refractivity contribution in [2.24, 2.45) is 0 Å². The van der Waals surface area contributed by atoms with Crippen molar-refractivity contribution in [3.8, 4) is 16.9 Å². The lowest BCUT2D eigenvalue weighted by atomic mass is 10.2. The van der Waals surface area contributed by atoms with Crippen molar-refractivity contribution in [2.75, 3.05) is 0 Å². The summed E-state index contributed by atoms with van der Waals surface area (Å²) in [5, 5.41) is 8.44. The minimum Gasteiger partial charge on any atom is -0.220 e. The molecule has 0 aliphatic carbocycles. The van der Waals surface area contributed by atoms with E-state index in [2.05, 4.69) is 39.2 Å². The van der Waals surface area contributed by atoms with Crippen molar-refractivity contribution in [1.29, 1.82) is 0 Å². The van der Waals surface area contributed by atoms with Crippen molar-refractivity contribution in [2.45, 2.75) is 6.92 Å². The SMILES string of the molecule is Cc1ccccc1-n1cc(-c2cccc(Br)c2)nn1. The lowest BCUT2D eigenvalue weighted by molar-refractivity contribution is 0.799. The highest BCUT2D eigenvalue weighted by molar-refractivity contribution is 9.10. The summed E-state index contributed by atoms with van der Waals surface area (Å²) >= 11 is 3.47. The molecule has 1 aromatic heterocycles. The van der Waals surface area contributed by atoms with Crippen molar-refractivity contribution in [3.63, 3.8) is 0 Å². The zero-order valence-electron chi connectivity index (χ0n) is 10.4. The van der Waals surface area contributed by atoms with Gasteiger partial charge in [-0.1, -0.05) is 51.5 Å². The van der Waals surface area contributed by atoms with Gasteiger partial charge in [0.2, 0.25) is 0 Å². The van der Waals surface area contributed by atoms with E-state index < -0.39 is 0 Å². The van der Waals surface area contributed by atoms with Crippen LogP contribution < -0.4 is 0 Å². The van der Waals surface area contributed by atoms with Crippen LogP contribution in [0.15, 0.2) is 59.2 Å². The van der Waals surface area contributed by atoms with Crippen LogP contribution >= 0.6 is 15.9 Å². The van der Waals surface area contributed by atoms with Crippen LogP contribution in [0.1, 0.15) is 5.56 Å². The third kappa shape index (κ3) is 2.44. The van der Waals surface area contributed by atoms with Gasteiger partial charge in [0.25, 0.3) is 0 Å². The van der Waals surface area contributed by atoms with E-state index >= 15 is 0 Å². The topological polar surface area (TPSA) is 30.7 Å². The zero-order chi connectivity index (χ0) is 13.2. The van der Waals surface area contributed by atoms with Gasteiger partial charge in [-0.05, 0) is 30.7 Å². The lowest BCUT2D eigenvalue weighted by Crippen LogP contribution is -1.96. The molecule has 0 fully saturated rings. The first-order chi connectivity index (χ1) is 9.24. The molecule has 94 valence electrons. The monoisotopic (exact) mass is 313 g/mol. The van der Waals surface area contributed by atoms with Gasteiger partial charge in [0, 0.05) is 10.0 Å². The largest absolute Gasteiger partial charge is 0.220 e. The Morgan fingerprint density at radius 3 is 2.68 bits per heavy atom. The van der Waals surface area contributed by atoms with Crippen molar-refractivity contribution >= 4 is 15.9 Å². The second-order valence-corrected chi connectivity index (χ2v) is 5.26. The number of hydrogen-bond donors (Lipinski definition) is 0. The van der Waals surface area contributed by atoms with Crippen LogP contribution in [-0.2, 0) is 0 Å². The highest BCUT2D eigenvalue weighted by Crippen LogP contribution is 2.22. The van der Waals surface area contributed by atoms with E-state index in [9.17, 15) is 0 Å². The molecule has 3 aromatic rings. The number of aromatic nitrogens is 3. The number of nitrogens with zero attached hydrogens (tertiary/aromatic N) is 3. The van der Waals surface area contributed by atoms with Crippen LogP contribution in [0.5, 0.6) is 0 Å². The standard InChI is InChI=1S/C15H12BrN3/c1-11-5-2-3-8-15(11)19-10-14(17-18-19)12-6-4-7-13(16)9-12/h2-10H,1H3. The van der Waals surface area contributed by atoms with Crippen LogP contribution in [0.25, 0.3) is 16.9 Å². The van der Waals surface area contributed by atoms with E-state index in [1.165, 1.54) is 5.56 Å². The van der Waals surface area contributed by atoms with E-state index in [-0.39, 0.29) is 0 Å². The number of halogens is 1. The number of benzene rings is 2. The van der Waals surface area contributed by atoms with Gasteiger partial charge < -0.3 is 0 Å². The molecule has 0 amide bonds. The summed E-state index contributed by atoms with van der Waals surface area (Å²) < 4.78 is 2.85. The highest BCUT2D eigenvalue weighted by atomic mass is 79.9. The van der Waals surface area contributed by atoms with Crippen LogP contribution in [0.3, 0.4) is 0 Å². The Bertz CT molecular complexity index is 719. The molecule has 0 saturated heterocycles. The summed E-state index contributed by atoms with van der Waals surface area (Å²) in [7, 11) is 0.